The molecule has 3 aromatic carbocycles. The second-order valence-corrected chi connectivity index (χ2v) is 11.2. The van der Waals surface area contributed by atoms with Gasteiger partial charge in [0.15, 0.2) is 0 Å². The highest BCUT2D eigenvalue weighted by Crippen LogP contribution is 2.25. The zero-order chi connectivity index (χ0) is 28.1. The Labute approximate surface area is 231 Å². The molecule has 0 bridgehead atoms. The Morgan fingerprint density at radius 3 is 1.92 bits per heavy atom. The second kappa shape index (κ2) is 15.2. The Balaban J connectivity index is 1.94. The first kappa shape index (κ1) is 30.0. The Bertz CT molecular complexity index is 1270. The summed E-state index contributed by atoms with van der Waals surface area (Å²) in [5.41, 5.74) is 2.22. The van der Waals surface area contributed by atoms with Crippen LogP contribution in [-0.2, 0) is 37.4 Å². The number of nitrogens with one attached hydrogen (secondary N) is 1. The summed E-state index contributed by atoms with van der Waals surface area (Å²) < 4.78 is 32.0. The van der Waals surface area contributed by atoms with E-state index in [0.29, 0.717) is 31.7 Å². The van der Waals surface area contributed by atoms with E-state index in [0.717, 1.165) is 21.7 Å². The molecule has 0 aliphatic carbocycles. The molecule has 39 heavy (non-hydrogen) atoms. The highest BCUT2D eigenvalue weighted by molar-refractivity contribution is 7.88. The van der Waals surface area contributed by atoms with Crippen molar-refractivity contribution >= 4 is 21.8 Å². The van der Waals surface area contributed by atoms with Gasteiger partial charge in [-0.2, -0.15) is 4.31 Å². The van der Waals surface area contributed by atoms with Crippen LogP contribution in [0.3, 0.4) is 0 Å². The molecule has 1 N–H and O–H groups in total. The average molecular weight is 552 g/mol. The summed E-state index contributed by atoms with van der Waals surface area (Å²) in [5, 5.41) is 2.94. The van der Waals surface area contributed by atoms with Gasteiger partial charge in [0.05, 0.1) is 12.8 Å². The zero-order valence-corrected chi connectivity index (χ0v) is 23.3. The Kier molecular flexibility index (Phi) is 11.7. The molecule has 0 aliphatic rings. The normalized spacial score (nSPS) is 12.2. The zero-order valence-electron chi connectivity index (χ0n) is 22.5. The lowest BCUT2D eigenvalue weighted by Crippen LogP contribution is -2.48. The standard InChI is InChI=1S/C30H37N3O5S/c1-3-38-21-13-20-31-30(35)29(27-18-11-6-12-19-27)33(23-26-16-9-5-10-17-26)28(34)24-32(39(2,36)37)22-25-14-7-4-8-15-25/h4-12,14-19,29H,3,13,20-24H2,1-2H3,(H,31,35). The fourth-order valence-corrected chi connectivity index (χ4v) is 4.89. The van der Waals surface area contributed by atoms with E-state index in [1.165, 1.54) is 4.90 Å². The van der Waals surface area contributed by atoms with Crippen molar-refractivity contribution in [2.45, 2.75) is 32.5 Å². The number of benzene rings is 3. The van der Waals surface area contributed by atoms with Crippen molar-refractivity contribution in [2.24, 2.45) is 0 Å². The molecule has 3 aromatic rings. The summed E-state index contributed by atoms with van der Waals surface area (Å²) in [6.45, 7) is 3.19. The molecule has 8 nitrogen and oxygen atoms in total. The highest BCUT2D eigenvalue weighted by atomic mass is 32.2. The van der Waals surface area contributed by atoms with Crippen LogP contribution in [0, 0.1) is 0 Å². The third-order valence-electron chi connectivity index (χ3n) is 6.14. The van der Waals surface area contributed by atoms with Crippen LogP contribution in [-0.4, -0.2) is 62.0 Å². The van der Waals surface area contributed by atoms with Crippen molar-refractivity contribution < 1.29 is 22.7 Å². The van der Waals surface area contributed by atoms with E-state index in [2.05, 4.69) is 5.32 Å². The summed E-state index contributed by atoms with van der Waals surface area (Å²) in [6.07, 6.45) is 1.72. The lowest BCUT2D eigenvalue weighted by molar-refractivity contribution is -0.141. The molecular weight excluding hydrogens is 514 g/mol. The third kappa shape index (κ3) is 9.62. The minimum absolute atomic E-state index is 0.0459. The van der Waals surface area contributed by atoms with Crippen LogP contribution >= 0.6 is 0 Å². The van der Waals surface area contributed by atoms with Gasteiger partial charge >= 0.3 is 0 Å². The number of rotatable bonds is 15. The van der Waals surface area contributed by atoms with Crippen LogP contribution < -0.4 is 5.32 Å². The van der Waals surface area contributed by atoms with Crippen molar-refractivity contribution in [3.05, 3.63) is 108 Å². The molecule has 0 spiro atoms. The van der Waals surface area contributed by atoms with Gasteiger partial charge in [-0.05, 0) is 30.0 Å². The SMILES string of the molecule is CCOCCCNC(=O)C(c1ccccc1)N(Cc1ccccc1)C(=O)CN(Cc1ccccc1)S(C)(=O)=O. The van der Waals surface area contributed by atoms with Gasteiger partial charge in [0.25, 0.3) is 0 Å². The van der Waals surface area contributed by atoms with Crippen LogP contribution in [0.15, 0.2) is 91.0 Å². The van der Waals surface area contributed by atoms with Gasteiger partial charge in [0.2, 0.25) is 21.8 Å². The number of carbonyl (C=O) groups is 2. The summed E-state index contributed by atoms with van der Waals surface area (Å²) in [4.78, 5) is 29.0. The molecule has 0 saturated heterocycles. The topological polar surface area (TPSA) is 96.0 Å². The number of amides is 2. The van der Waals surface area contributed by atoms with Crippen LogP contribution in [0.5, 0.6) is 0 Å². The van der Waals surface area contributed by atoms with Crippen molar-refractivity contribution in [3.8, 4) is 0 Å². The van der Waals surface area contributed by atoms with Crippen LogP contribution in [0.2, 0.25) is 0 Å². The molecule has 9 heteroatoms. The Morgan fingerprint density at radius 2 is 1.38 bits per heavy atom. The summed E-state index contributed by atoms with van der Waals surface area (Å²) in [6, 6.07) is 26.6. The van der Waals surface area contributed by atoms with E-state index in [-0.39, 0.29) is 19.0 Å². The quantitative estimate of drug-likeness (QED) is 0.290. The van der Waals surface area contributed by atoms with Gasteiger partial charge in [-0.3, -0.25) is 9.59 Å². The van der Waals surface area contributed by atoms with Crippen LogP contribution in [0.4, 0.5) is 0 Å². The molecular formula is C30H37N3O5S. The maximum absolute atomic E-state index is 13.9. The number of sulfonamides is 1. The van der Waals surface area contributed by atoms with E-state index in [1.54, 1.807) is 12.1 Å². The smallest absolute Gasteiger partial charge is 0.247 e. The Hall–Kier alpha value is -3.53. The second-order valence-electron chi connectivity index (χ2n) is 9.18. The molecule has 0 heterocycles. The predicted octanol–water partition coefficient (Wildman–Crippen LogP) is 3.76. The number of ether oxygens (including phenoxy) is 1. The Morgan fingerprint density at radius 1 is 0.846 bits per heavy atom. The van der Waals surface area contributed by atoms with Crippen LogP contribution in [0.25, 0.3) is 0 Å². The third-order valence-corrected chi connectivity index (χ3v) is 7.34. The van der Waals surface area contributed by atoms with Gasteiger partial charge in [0, 0.05) is 32.8 Å². The minimum atomic E-state index is -3.73. The maximum Gasteiger partial charge on any atom is 0.247 e. The number of carbonyl (C=O) groups excluding carboxylic acids is 2. The van der Waals surface area contributed by atoms with E-state index in [9.17, 15) is 18.0 Å². The summed E-state index contributed by atoms with van der Waals surface area (Å²) in [7, 11) is -3.73. The van der Waals surface area contributed by atoms with Gasteiger partial charge in [-0.15, -0.1) is 0 Å². The largest absolute Gasteiger partial charge is 0.382 e. The van der Waals surface area contributed by atoms with Gasteiger partial charge in [-0.1, -0.05) is 91.0 Å². The summed E-state index contributed by atoms with van der Waals surface area (Å²) >= 11 is 0. The molecule has 208 valence electrons. The lowest BCUT2D eigenvalue weighted by atomic mass is 10.0. The first-order valence-electron chi connectivity index (χ1n) is 13.0. The van der Waals surface area contributed by atoms with E-state index >= 15 is 0 Å². The van der Waals surface area contributed by atoms with Crippen molar-refractivity contribution in [2.75, 3.05) is 32.6 Å². The van der Waals surface area contributed by atoms with Crippen LogP contribution in [0.1, 0.15) is 36.1 Å². The molecule has 1 unspecified atom stereocenters. The molecule has 1 atom stereocenters. The fraction of sp³-hybridized carbons (Fsp3) is 0.333. The number of hydrogen-bond acceptors (Lipinski definition) is 5. The predicted molar refractivity (Wildman–Crippen MR) is 152 cm³/mol. The number of hydrogen-bond donors (Lipinski definition) is 1. The molecule has 0 aliphatic heterocycles. The molecule has 0 aromatic heterocycles. The molecule has 2 amide bonds. The van der Waals surface area contributed by atoms with Gasteiger partial charge in [-0.25, -0.2) is 8.42 Å². The van der Waals surface area contributed by atoms with E-state index in [1.807, 2.05) is 85.8 Å². The average Bonchev–Trinajstić information content (AvgIpc) is 2.93. The van der Waals surface area contributed by atoms with Crippen molar-refractivity contribution in [3.63, 3.8) is 0 Å². The molecule has 0 saturated carbocycles. The maximum atomic E-state index is 13.9. The van der Waals surface area contributed by atoms with E-state index < -0.39 is 28.5 Å². The van der Waals surface area contributed by atoms with Crippen molar-refractivity contribution in [1.29, 1.82) is 0 Å². The number of nitrogens with zero attached hydrogens (tertiary/aromatic N) is 2. The summed E-state index contributed by atoms with van der Waals surface area (Å²) in [5.74, 6) is -0.811. The minimum Gasteiger partial charge on any atom is -0.382 e. The molecule has 0 fully saturated rings. The lowest BCUT2D eigenvalue weighted by Gasteiger charge is -2.33. The first-order chi connectivity index (χ1) is 18.8. The van der Waals surface area contributed by atoms with Gasteiger partial charge < -0.3 is 15.0 Å². The molecule has 3 rings (SSSR count). The van der Waals surface area contributed by atoms with Gasteiger partial charge in [0.1, 0.15) is 6.04 Å². The fourth-order valence-electron chi connectivity index (χ4n) is 4.16. The van der Waals surface area contributed by atoms with E-state index in [4.69, 9.17) is 4.74 Å². The molecule has 0 radical (unpaired) electrons. The first-order valence-corrected chi connectivity index (χ1v) is 14.9. The highest BCUT2D eigenvalue weighted by Gasteiger charge is 2.33. The monoisotopic (exact) mass is 551 g/mol. The van der Waals surface area contributed by atoms with Crippen molar-refractivity contribution in [1.82, 2.24) is 14.5 Å².